The molecule has 0 aliphatic carbocycles. The van der Waals surface area contributed by atoms with Crippen molar-refractivity contribution in [2.75, 3.05) is 0 Å². The molecule has 2 aromatic rings. The zero-order chi connectivity index (χ0) is 20.4. The van der Waals surface area contributed by atoms with E-state index in [0.717, 1.165) is 17.3 Å². The van der Waals surface area contributed by atoms with Crippen LogP contribution < -0.4 is 0 Å². The normalized spacial score (nSPS) is 16.8. The molecule has 1 aliphatic heterocycles. The third-order valence-corrected chi connectivity index (χ3v) is 6.16. The van der Waals surface area contributed by atoms with E-state index in [4.69, 9.17) is 39.8 Å². The third-order valence-electron chi connectivity index (χ3n) is 4.09. The van der Waals surface area contributed by atoms with Crippen LogP contribution in [0.4, 0.5) is 0 Å². The molecule has 146 valence electrons. The highest BCUT2D eigenvalue weighted by molar-refractivity contribution is 8.26. The highest BCUT2D eigenvalue weighted by Crippen LogP contribution is 2.36. The second kappa shape index (κ2) is 8.69. The zero-order valence-corrected chi connectivity index (χ0v) is 17.8. The second-order valence-corrected chi connectivity index (χ2v) is 8.52. The van der Waals surface area contributed by atoms with E-state index < -0.39 is 17.9 Å². The van der Waals surface area contributed by atoms with Crippen LogP contribution in [-0.4, -0.2) is 32.2 Å². The van der Waals surface area contributed by atoms with Crippen molar-refractivity contribution < 1.29 is 19.1 Å². The molecule has 1 N–H and O–H groups in total. The van der Waals surface area contributed by atoms with Crippen molar-refractivity contribution in [1.29, 1.82) is 0 Å². The Hall–Kier alpha value is -1.80. The molecule has 1 saturated heterocycles. The van der Waals surface area contributed by atoms with Gasteiger partial charge < -0.3 is 9.52 Å². The molecule has 1 aromatic heterocycles. The lowest BCUT2D eigenvalue weighted by Gasteiger charge is -2.22. The van der Waals surface area contributed by atoms with Gasteiger partial charge in [-0.1, -0.05) is 60.5 Å². The number of carbonyl (C=O) groups excluding carboxylic acids is 1. The zero-order valence-electron chi connectivity index (χ0n) is 14.6. The lowest BCUT2D eigenvalue weighted by molar-refractivity contribution is -0.145. The predicted molar refractivity (Wildman–Crippen MR) is 116 cm³/mol. The summed E-state index contributed by atoms with van der Waals surface area (Å²) in [6, 6.07) is 7.64. The van der Waals surface area contributed by atoms with Gasteiger partial charge in [-0.25, -0.2) is 4.79 Å². The van der Waals surface area contributed by atoms with Crippen LogP contribution in [0.2, 0.25) is 10.0 Å². The minimum atomic E-state index is -1.07. The standard InChI is InChI=1S/C19H15Cl2NO4S2/c1-2-3-14(18(24)25)22-17(23)16(28-19(22)27)9-11-5-7-15(26-11)10-4-6-12(20)13(21)8-10/h4-9,14H,2-3H2,1H3,(H,24,25)/b16-9+/t14-/m1/s1. The van der Waals surface area contributed by atoms with Crippen molar-refractivity contribution in [3.63, 3.8) is 0 Å². The maximum atomic E-state index is 12.7. The molecular formula is C19H15Cl2NO4S2. The van der Waals surface area contributed by atoms with Crippen LogP contribution in [0, 0.1) is 0 Å². The molecular weight excluding hydrogens is 441 g/mol. The molecule has 9 heteroatoms. The fourth-order valence-corrected chi connectivity index (χ4v) is 4.38. The average molecular weight is 456 g/mol. The number of benzene rings is 1. The van der Waals surface area contributed by atoms with Gasteiger partial charge in [0.15, 0.2) is 0 Å². The van der Waals surface area contributed by atoms with Gasteiger partial charge in [0.05, 0.1) is 15.0 Å². The smallest absolute Gasteiger partial charge is 0.326 e. The van der Waals surface area contributed by atoms with Gasteiger partial charge in [-0.15, -0.1) is 0 Å². The quantitative estimate of drug-likeness (QED) is 0.444. The third kappa shape index (κ3) is 4.27. The maximum absolute atomic E-state index is 12.7. The van der Waals surface area contributed by atoms with Gasteiger partial charge in [-0.3, -0.25) is 9.69 Å². The van der Waals surface area contributed by atoms with Crippen molar-refractivity contribution in [2.24, 2.45) is 0 Å². The summed E-state index contributed by atoms with van der Waals surface area (Å²) in [6.45, 7) is 1.86. The topological polar surface area (TPSA) is 70.8 Å². The number of nitrogens with zero attached hydrogens (tertiary/aromatic N) is 1. The molecule has 1 amide bonds. The molecule has 1 aromatic carbocycles. The van der Waals surface area contributed by atoms with Crippen LogP contribution >= 0.6 is 47.2 Å². The lowest BCUT2D eigenvalue weighted by Crippen LogP contribution is -2.43. The second-order valence-electron chi connectivity index (χ2n) is 6.03. The number of carboxylic acids is 1. The number of aliphatic carboxylic acids is 1. The van der Waals surface area contributed by atoms with Crippen molar-refractivity contribution >= 4 is 69.5 Å². The summed E-state index contributed by atoms with van der Waals surface area (Å²) in [6.07, 6.45) is 2.51. The first kappa shape index (κ1) is 20.9. The first-order valence-corrected chi connectivity index (χ1v) is 10.3. The molecule has 1 fully saturated rings. The fourth-order valence-electron chi connectivity index (χ4n) is 2.75. The largest absolute Gasteiger partial charge is 0.480 e. The molecule has 0 spiro atoms. The van der Waals surface area contributed by atoms with Crippen molar-refractivity contribution in [3.05, 3.63) is 51.0 Å². The number of hydrogen-bond donors (Lipinski definition) is 1. The Labute approximate surface area is 181 Å². The Kier molecular flexibility index (Phi) is 6.50. The number of amides is 1. The van der Waals surface area contributed by atoms with Gasteiger partial charge in [0.2, 0.25) is 0 Å². The minimum absolute atomic E-state index is 0.230. The molecule has 0 unspecified atom stereocenters. The Morgan fingerprint density at radius 1 is 1.32 bits per heavy atom. The van der Waals surface area contributed by atoms with E-state index in [1.807, 2.05) is 6.92 Å². The molecule has 3 rings (SSSR count). The number of thioether (sulfide) groups is 1. The summed E-state index contributed by atoms with van der Waals surface area (Å²) in [5.74, 6) is -0.485. The summed E-state index contributed by atoms with van der Waals surface area (Å²) in [4.78, 5) is 25.7. The van der Waals surface area contributed by atoms with Gasteiger partial charge in [-0.05, 0) is 36.8 Å². The van der Waals surface area contributed by atoms with Gasteiger partial charge in [-0.2, -0.15) is 0 Å². The molecule has 0 radical (unpaired) electrons. The van der Waals surface area contributed by atoms with Crippen LogP contribution in [0.3, 0.4) is 0 Å². The van der Waals surface area contributed by atoms with Crippen molar-refractivity contribution in [1.82, 2.24) is 4.90 Å². The summed E-state index contributed by atoms with van der Waals surface area (Å²) < 4.78 is 6.01. The molecule has 0 saturated carbocycles. The highest BCUT2D eigenvalue weighted by Gasteiger charge is 2.40. The number of rotatable bonds is 6. The van der Waals surface area contributed by atoms with E-state index in [-0.39, 0.29) is 4.32 Å². The van der Waals surface area contributed by atoms with Crippen LogP contribution in [0.15, 0.2) is 39.7 Å². The van der Waals surface area contributed by atoms with Gasteiger partial charge in [0.1, 0.15) is 21.9 Å². The van der Waals surface area contributed by atoms with Gasteiger partial charge in [0, 0.05) is 11.6 Å². The molecule has 0 bridgehead atoms. The number of halogens is 2. The van der Waals surface area contributed by atoms with E-state index in [1.54, 1.807) is 36.4 Å². The minimum Gasteiger partial charge on any atom is -0.480 e. The summed E-state index contributed by atoms with van der Waals surface area (Å²) in [5, 5.41) is 10.3. The van der Waals surface area contributed by atoms with E-state index in [1.165, 1.54) is 4.90 Å². The Bertz CT molecular complexity index is 986. The molecule has 1 atom stereocenters. The lowest BCUT2D eigenvalue weighted by atomic mass is 10.1. The Balaban J connectivity index is 1.85. The van der Waals surface area contributed by atoms with Crippen LogP contribution in [0.25, 0.3) is 17.4 Å². The number of hydrogen-bond acceptors (Lipinski definition) is 5. The van der Waals surface area contributed by atoms with Crippen LogP contribution in [0.5, 0.6) is 0 Å². The number of furan rings is 1. The molecule has 1 aliphatic rings. The monoisotopic (exact) mass is 455 g/mol. The Morgan fingerprint density at radius 3 is 2.71 bits per heavy atom. The van der Waals surface area contributed by atoms with Crippen LogP contribution in [-0.2, 0) is 9.59 Å². The van der Waals surface area contributed by atoms with Crippen molar-refractivity contribution in [3.8, 4) is 11.3 Å². The summed E-state index contributed by atoms with van der Waals surface area (Å²) in [7, 11) is 0. The first-order chi connectivity index (χ1) is 13.3. The number of thiocarbonyl (C=S) groups is 1. The average Bonchev–Trinajstić information content (AvgIpc) is 3.21. The first-order valence-electron chi connectivity index (χ1n) is 8.37. The van der Waals surface area contributed by atoms with Gasteiger partial charge in [0.25, 0.3) is 5.91 Å². The molecule has 2 heterocycles. The van der Waals surface area contributed by atoms with Gasteiger partial charge >= 0.3 is 5.97 Å². The predicted octanol–water partition coefficient (Wildman–Crippen LogP) is 5.71. The summed E-state index contributed by atoms with van der Waals surface area (Å²) in [5.41, 5.74) is 0.746. The van der Waals surface area contributed by atoms with Crippen molar-refractivity contribution in [2.45, 2.75) is 25.8 Å². The number of carboxylic acid groups (broad SMARTS) is 1. The molecule has 28 heavy (non-hydrogen) atoms. The Morgan fingerprint density at radius 2 is 2.07 bits per heavy atom. The molecule has 5 nitrogen and oxygen atoms in total. The highest BCUT2D eigenvalue weighted by atomic mass is 35.5. The van der Waals surface area contributed by atoms with Crippen LogP contribution in [0.1, 0.15) is 25.5 Å². The SMILES string of the molecule is CCC[C@H](C(=O)O)N1C(=O)/C(=C\c2ccc(-c3ccc(Cl)c(Cl)c3)o2)SC1=S. The van der Waals surface area contributed by atoms with E-state index in [2.05, 4.69) is 0 Å². The van der Waals surface area contributed by atoms with E-state index in [0.29, 0.717) is 39.3 Å². The number of carbonyl (C=O) groups is 2. The van der Waals surface area contributed by atoms with E-state index in [9.17, 15) is 14.7 Å². The fraction of sp³-hybridized carbons (Fsp3) is 0.211. The van der Waals surface area contributed by atoms with E-state index >= 15 is 0 Å². The summed E-state index contributed by atoms with van der Waals surface area (Å²) >= 11 is 18.3. The maximum Gasteiger partial charge on any atom is 0.326 e.